The molecule has 0 unspecified atom stereocenters. The Kier molecular flexibility index (Phi) is 6.60. The van der Waals surface area contributed by atoms with Crippen molar-refractivity contribution in [2.24, 2.45) is 23.7 Å². The first kappa shape index (κ1) is 34.7. The van der Waals surface area contributed by atoms with Crippen molar-refractivity contribution < 1.29 is 8.83 Å². The van der Waals surface area contributed by atoms with Gasteiger partial charge in [-0.1, -0.05) is 123 Å². The Morgan fingerprint density at radius 3 is 1.52 bits per heavy atom. The van der Waals surface area contributed by atoms with Gasteiger partial charge < -0.3 is 8.83 Å². The highest BCUT2D eigenvalue weighted by atomic mass is 16.3. The minimum absolute atomic E-state index is 0.0843. The summed E-state index contributed by atoms with van der Waals surface area (Å²) in [5.74, 6) is 4.65. The van der Waals surface area contributed by atoms with Crippen LogP contribution in [0.3, 0.4) is 0 Å². The van der Waals surface area contributed by atoms with Crippen LogP contribution >= 0.6 is 0 Å². The molecule has 0 N–H and O–H groups in total. The van der Waals surface area contributed by atoms with Gasteiger partial charge in [-0.05, 0) is 131 Å². The quantitative estimate of drug-likeness (QED) is 0.178. The van der Waals surface area contributed by atoms with Gasteiger partial charge >= 0.3 is 0 Å². The third kappa shape index (κ3) is 4.40. The molecule has 6 aliphatic carbocycles. The summed E-state index contributed by atoms with van der Waals surface area (Å²) < 4.78 is 13.3. The van der Waals surface area contributed by atoms with E-state index in [-0.39, 0.29) is 10.8 Å². The Balaban J connectivity index is 1.03. The van der Waals surface area contributed by atoms with Crippen LogP contribution in [0.5, 0.6) is 0 Å². The van der Waals surface area contributed by atoms with Gasteiger partial charge in [0, 0.05) is 37.9 Å². The minimum atomic E-state index is -0.126. The van der Waals surface area contributed by atoms with E-state index < -0.39 is 0 Å². The minimum Gasteiger partial charge on any atom is -0.455 e. The summed E-state index contributed by atoms with van der Waals surface area (Å²) in [5, 5.41) is 4.26. The highest BCUT2D eigenvalue weighted by Gasteiger charge is 2.63. The molecule has 4 bridgehead atoms. The maximum absolute atomic E-state index is 6.67. The molecule has 1 spiro atoms. The maximum Gasteiger partial charge on any atom is 0.167 e. The van der Waals surface area contributed by atoms with Crippen LogP contribution in [0, 0.1) is 23.7 Å². The number of benzene rings is 7. The zero-order chi connectivity index (χ0) is 41.3. The smallest absolute Gasteiger partial charge is 0.167 e. The number of fused-ring (bicyclic) bond motifs is 12. The van der Waals surface area contributed by atoms with Crippen LogP contribution in [-0.2, 0) is 10.8 Å². The van der Waals surface area contributed by atoms with Crippen LogP contribution in [0.25, 0.3) is 100 Å². The SMILES string of the molecule is CC1(C)c2ccccc2-c2cc3c(cc21)C1(c2c(-c4nc(-c5cccc6c5oc5ccccc56)nc(-c5cccc6c5oc5ccccc56)n4)cccc2-3)C2CC3CC(C2)CC1C3. The van der Waals surface area contributed by atoms with E-state index in [9.17, 15) is 0 Å². The summed E-state index contributed by atoms with van der Waals surface area (Å²) in [5.41, 5.74) is 17.3. The average molecular weight is 814 g/mol. The monoisotopic (exact) mass is 813 g/mol. The molecule has 302 valence electrons. The highest BCUT2D eigenvalue weighted by Crippen LogP contribution is 2.71. The summed E-state index contributed by atoms with van der Waals surface area (Å²) in [6.45, 7) is 4.86. The summed E-state index contributed by atoms with van der Waals surface area (Å²) in [6, 6.07) is 50.5. The van der Waals surface area contributed by atoms with E-state index in [1.54, 1.807) is 5.56 Å². The molecule has 0 radical (unpaired) electrons. The van der Waals surface area contributed by atoms with Crippen LogP contribution < -0.4 is 0 Å². The number of para-hydroxylation sites is 4. The number of hydrogen-bond donors (Lipinski definition) is 0. The Labute approximate surface area is 364 Å². The Morgan fingerprint density at radius 2 is 0.889 bits per heavy atom. The largest absolute Gasteiger partial charge is 0.455 e. The first-order valence-electron chi connectivity index (χ1n) is 22.9. The van der Waals surface area contributed by atoms with Crippen molar-refractivity contribution >= 4 is 43.9 Å². The lowest BCUT2D eigenvalue weighted by Gasteiger charge is -2.61. The fraction of sp³-hybridized carbons (Fsp3) is 0.224. The van der Waals surface area contributed by atoms with E-state index in [1.807, 2.05) is 24.3 Å². The van der Waals surface area contributed by atoms with Gasteiger partial charge in [0.15, 0.2) is 17.5 Å². The van der Waals surface area contributed by atoms with Crippen molar-refractivity contribution in [3.05, 3.63) is 162 Å². The van der Waals surface area contributed by atoms with Crippen LogP contribution in [-0.4, -0.2) is 15.0 Å². The van der Waals surface area contributed by atoms with Gasteiger partial charge in [0.25, 0.3) is 0 Å². The number of nitrogens with zero attached hydrogens (tertiary/aromatic N) is 3. The molecule has 5 nitrogen and oxygen atoms in total. The fourth-order valence-electron chi connectivity index (χ4n) is 14.2. The van der Waals surface area contributed by atoms with E-state index in [4.69, 9.17) is 23.8 Å². The lowest BCUT2D eigenvalue weighted by molar-refractivity contribution is -0.0397. The Bertz CT molecular complexity index is 3480. The van der Waals surface area contributed by atoms with Gasteiger partial charge in [0.05, 0.1) is 11.1 Å². The molecule has 4 fully saturated rings. The Hall–Kier alpha value is -6.85. The van der Waals surface area contributed by atoms with E-state index in [0.717, 1.165) is 72.4 Å². The highest BCUT2D eigenvalue weighted by molar-refractivity contribution is 6.10. The second-order valence-corrected chi connectivity index (χ2v) is 19.9. The number of rotatable bonds is 3. The van der Waals surface area contributed by atoms with E-state index >= 15 is 0 Å². The second kappa shape index (κ2) is 12.0. The molecule has 0 atom stereocenters. The predicted molar refractivity (Wildman–Crippen MR) is 252 cm³/mol. The van der Waals surface area contributed by atoms with Crippen LogP contribution in [0.1, 0.15) is 68.2 Å². The molecule has 0 saturated heterocycles. The van der Waals surface area contributed by atoms with E-state index in [2.05, 4.69) is 129 Å². The van der Waals surface area contributed by atoms with Crippen molar-refractivity contribution in [3.63, 3.8) is 0 Å². The molecule has 5 heteroatoms. The lowest BCUT2D eigenvalue weighted by Crippen LogP contribution is -2.55. The molecule has 4 saturated carbocycles. The zero-order valence-corrected chi connectivity index (χ0v) is 35.3. The molecule has 7 aromatic carbocycles. The van der Waals surface area contributed by atoms with Crippen LogP contribution in [0.15, 0.2) is 148 Å². The van der Waals surface area contributed by atoms with E-state index in [0.29, 0.717) is 29.3 Å². The second-order valence-electron chi connectivity index (χ2n) is 19.9. The molecule has 63 heavy (non-hydrogen) atoms. The molecule has 10 aromatic rings. The van der Waals surface area contributed by atoms with Crippen molar-refractivity contribution in [1.82, 2.24) is 15.0 Å². The molecule has 0 aliphatic heterocycles. The third-order valence-corrected chi connectivity index (χ3v) is 16.5. The number of furan rings is 2. The van der Waals surface area contributed by atoms with Crippen molar-refractivity contribution in [1.29, 1.82) is 0 Å². The number of hydrogen-bond acceptors (Lipinski definition) is 5. The Morgan fingerprint density at radius 1 is 0.413 bits per heavy atom. The van der Waals surface area contributed by atoms with Crippen LogP contribution in [0.2, 0.25) is 0 Å². The summed E-state index contributed by atoms with van der Waals surface area (Å²) in [4.78, 5) is 16.5. The van der Waals surface area contributed by atoms with Crippen molar-refractivity contribution in [2.45, 2.75) is 56.8 Å². The molecule has 3 aromatic heterocycles. The molecular formula is C58H43N3O2. The molecule has 3 heterocycles. The van der Waals surface area contributed by atoms with Gasteiger partial charge in [0.1, 0.15) is 22.3 Å². The number of aromatic nitrogens is 3. The normalized spacial score (nSPS) is 23.3. The maximum atomic E-state index is 6.67. The van der Waals surface area contributed by atoms with Gasteiger partial charge in [0.2, 0.25) is 0 Å². The van der Waals surface area contributed by atoms with Gasteiger partial charge in [-0.15, -0.1) is 0 Å². The topological polar surface area (TPSA) is 65.0 Å². The summed E-state index contributed by atoms with van der Waals surface area (Å²) in [6.07, 6.45) is 6.55. The average Bonchev–Trinajstić information content (AvgIpc) is 4.03. The lowest BCUT2D eigenvalue weighted by atomic mass is 9.42. The van der Waals surface area contributed by atoms with Crippen molar-refractivity contribution in [3.8, 4) is 56.4 Å². The molecular weight excluding hydrogens is 771 g/mol. The van der Waals surface area contributed by atoms with Gasteiger partial charge in [-0.3, -0.25) is 0 Å². The molecule has 16 rings (SSSR count). The predicted octanol–water partition coefficient (Wildman–Crippen LogP) is 14.7. The van der Waals surface area contributed by atoms with Gasteiger partial charge in [-0.25, -0.2) is 15.0 Å². The molecule has 6 aliphatic rings. The zero-order valence-electron chi connectivity index (χ0n) is 35.3. The standard InChI is InChI=1S/C58H43N3O2/c1-57(2)46-21-6-3-12-35(46)44-29-45-38-15-9-18-41(51(38)58(48(45)30-47(44)57)33-25-31-24-32(27-33)28-34(58)26-31)54-59-55(42-19-10-16-39-36-13-4-7-22-49(36)62-52(39)42)61-56(60-54)43-20-11-17-40-37-14-5-8-23-50(37)63-53(40)43/h3-23,29-34H,24-28H2,1-2H3. The molecule has 0 amide bonds. The van der Waals surface area contributed by atoms with E-state index in [1.165, 1.54) is 71.0 Å². The van der Waals surface area contributed by atoms with Gasteiger partial charge in [-0.2, -0.15) is 0 Å². The first-order chi connectivity index (χ1) is 30.9. The first-order valence-corrected chi connectivity index (χ1v) is 22.9. The van der Waals surface area contributed by atoms with Crippen LogP contribution in [0.4, 0.5) is 0 Å². The third-order valence-electron chi connectivity index (χ3n) is 16.5. The summed E-state index contributed by atoms with van der Waals surface area (Å²) >= 11 is 0. The fourth-order valence-corrected chi connectivity index (χ4v) is 14.2. The van der Waals surface area contributed by atoms with Crippen molar-refractivity contribution in [2.75, 3.05) is 0 Å². The summed E-state index contributed by atoms with van der Waals surface area (Å²) in [7, 11) is 0.